The number of rotatable bonds is 5. The van der Waals surface area contributed by atoms with E-state index in [4.69, 9.17) is 0 Å². The van der Waals surface area contributed by atoms with Crippen molar-refractivity contribution >= 4 is 0 Å². The summed E-state index contributed by atoms with van der Waals surface area (Å²) < 4.78 is 0. The summed E-state index contributed by atoms with van der Waals surface area (Å²) in [6, 6.07) is 0.771. The van der Waals surface area contributed by atoms with Gasteiger partial charge in [0.2, 0.25) is 0 Å². The van der Waals surface area contributed by atoms with Crippen LogP contribution in [0.15, 0.2) is 12.3 Å². The van der Waals surface area contributed by atoms with E-state index in [0.29, 0.717) is 0 Å². The molecule has 1 saturated heterocycles. The zero-order valence-corrected chi connectivity index (χ0v) is 8.68. The van der Waals surface area contributed by atoms with Gasteiger partial charge in [0.05, 0.1) is 0 Å². The smallest absolute Gasteiger partial charge is 0.0340 e. The first-order valence-corrected chi connectivity index (χ1v) is 5.76. The molecule has 1 N–H and O–H groups in total. The Bertz CT molecular complexity index is 193. The molecule has 13 heavy (non-hydrogen) atoms. The summed E-state index contributed by atoms with van der Waals surface area (Å²) in [4.78, 5) is 0. The maximum Gasteiger partial charge on any atom is 0.0340 e. The van der Waals surface area contributed by atoms with Crippen LogP contribution in [0.4, 0.5) is 0 Å². The number of nitrogens with one attached hydrogen (secondary N) is 1. The Morgan fingerprint density at radius 2 is 2.08 bits per heavy atom. The van der Waals surface area contributed by atoms with Crippen molar-refractivity contribution < 1.29 is 0 Å². The van der Waals surface area contributed by atoms with E-state index in [1.54, 1.807) is 0 Å². The van der Waals surface area contributed by atoms with Gasteiger partial charge in [0.15, 0.2) is 0 Å². The molecule has 0 amide bonds. The highest BCUT2D eigenvalue weighted by Crippen LogP contribution is 2.37. The summed E-state index contributed by atoms with van der Waals surface area (Å²) in [7, 11) is 0. The lowest BCUT2D eigenvalue weighted by Gasteiger charge is -2.41. The number of hydrogen-bond acceptors (Lipinski definition) is 1. The summed E-state index contributed by atoms with van der Waals surface area (Å²) in [6.45, 7) is 6.31. The summed E-state index contributed by atoms with van der Waals surface area (Å²) in [5.41, 5.74) is 1.29. The minimum absolute atomic E-state index is 0.771. The van der Waals surface area contributed by atoms with Crippen molar-refractivity contribution in [3.8, 4) is 0 Å². The second-order valence-corrected chi connectivity index (χ2v) is 4.69. The van der Waals surface area contributed by atoms with Crippen LogP contribution in [0, 0.1) is 11.8 Å². The molecule has 2 aliphatic rings. The molecule has 0 aromatic heterocycles. The molecule has 0 aromatic rings. The van der Waals surface area contributed by atoms with Gasteiger partial charge in [-0.1, -0.05) is 32.8 Å². The van der Waals surface area contributed by atoms with E-state index >= 15 is 0 Å². The quantitative estimate of drug-likeness (QED) is 0.684. The first kappa shape index (κ1) is 9.11. The van der Waals surface area contributed by atoms with Crippen molar-refractivity contribution in [3.63, 3.8) is 0 Å². The van der Waals surface area contributed by atoms with Gasteiger partial charge in [0.25, 0.3) is 0 Å². The minimum atomic E-state index is 0.771. The lowest BCUT2D eigenvalue weighted by atomic mass is 9.81. The molecular formula is C12H21N. The molecule has 1 heteroatoms. The first-order valence-electron chi connectivity index (χ1n) is 5.76. The Kier molecular flexibility index (Phi) is 2.61. The van der Waals surface area contributed by atoms with E-state index in [0.717, 1.165) is 17.9 Å². The molecule has 74 valence electrons. The third kappa shape index (κ3) is 2.07. The highest BCUT2D eigenvalue weighted by atomic mass is 15.0. The second-order valence-electron chi connectivity index (χ2n) is 4.69. The van der Waals surface area contributed by atoms with Gasteiger partial charge < -0.3 is 5.32 Å². The van der Waals surface area contributed by atoms with Gasteiger partial charge >= 0.3 is 0 Å². The third-order valence-electron chi connectivity index (χ3n) is 3.49. The zero-order chi connectivity index (χ0) is 9.26. The largest absolute Gasteiger partial charge is 0.385 e. The summed E-state index contributed by atoms with van der Waals surface area (Å²) >= 11 is 0. The van der Waals surface area contributed by atoms with E-state index in [-0.39, 0.29) is 0 Å². The molecule has 0 bridgehead atoms. The highest BCUT2D eigenvalue weighted by molar-refractivity contribution is 5.14. The first-order chi connectivity index (χ1) is 6.31. The lowest BCUT2D eigenvalue weighted by Crippen LogP contribution is -2.49. The van der Waals surface area contributed by atoms with Crippen LogP contribution in [-0.2, 0) is 0 Å². The zero-order valence-electron chi connectivity index (χ0n) is 8.68. The third-order valence-corrected chi connectivity index (χ3v) is 3.49. The van der Waals surface area contributed by atoms with Crippen molar-refractivity contribution in [2.75, 3.05) is 0 Å². The van der Waals surface area contributed by atoms with E-state index in [2.05, 4.69) is 18.8 Å². The van der Waals surface area contributed by atoms with Crippen molar-refractivity contribution in [3.05, 3.63) is 12.3 Å². The molecule has 1 aliphatic heterocycles. The molecule has 2 atom stereocenters. The topological polar surface area (TPSA) is 12.0 Å². The van der Waals surface area contributed by atoms with Crippen LogP contribution in [0.3, 0.4) is 0 Å². The Morgan fingerprint density at radius 1 is 1.31 bits per heavy atom. The fourth-order valence-corrected chi connectivity index (χ4v) is 2.37. The van der Waals surface area contributed by atoms with Gasteiger partial charge in [-0.15, -0.1) is 0 Å². The van der Waals surface area contributed by atoms with Crippen molar-refractivity contribution in [1.82, 2.24) is 5.32 Å². The van der Waals surface area contributed by atoms with Gasteiger partial charge in [-0.2, -0.15) is 0 Å². The van der Waals surface area contributed by atoms with E-state index in [9.17, 15) is 0 Å². The summed E-state index contributed by atoms with van der Waals surface area (Å²) in [6.07, 6.45) is 8.45. The van der Waals surface area contributed by atoms with Crippen molar-refractivity contribution in [2.24, 2.45) is 11.8 Å². The molecule has 2 unspecified atom stereocenters. The van der Waals surface area contributed by atoms with Gasteiger partial charge in [-0.3, -0.25) is 0 Å². The summed E-state index contributed by atoms with van der Waals surface area (Å²) in [5, 5.41) is 3.47. The van der Waals surface area contributed by atoms with Crippen LogP contribution < -0.4 is 5.32 Å². The highest BCUT2D eigenvalue weighted by Gasteiger charge is 2.34. The molecule has 1 nitrogen and oxygen atoms in total. The Hall–Kier alpha value is -0.460. The average molecular weight is 179 g/mol. The molecular weight excluding hydrogens is 158 g/mol. The van der Waals surface area contributed by atoms with Crippen LogP contribution in [0.2, 0.25) is 0 Å². The van der Waals surface area contributed by atoms with E-state index in [1.165, 1.54) is 44.2 Å². The fraction of sp³-hybridized carbons (Fsp3) is 0.833. The van der Waals surface area contributed by atoms with Crippen LogP contribution in [-0.4, -0.2) is 6.04 Å². The Morgan fingerprint density at radius 3 is 2.62 bits per heavy atom. The van der Waals surface area contributed by atoms with Gasteiger partial charge in [0, 0.05) is 17.7 Å². The fourth-order valence-electron chi connectivity index (χ4n) is 2.37. The monoisotopic (exact) mass is 179 g/mol. The minimum Gasteiger partial charge on any atom is -0.385 e. The van der Waals surface area contributed by atoms with Crippen LogP contribution in [0.5, 0.6) is 0 Å². The SMILES string of the molecule is C=C1NC(CCC2CC2)C1CCC. The van der Waals surface area contributed by atoms with Gasteiger partial charge in [-0.25, -0.2) is 0 Å². The average Bonchev–Trinajstić information content (AvgIpc) is 2.91. The van der Waals surface area contributed by atoms with Crippen molar-refractivity contribution in [2.45, 2.75) is 51.5 Å². The molecule has 1 saturated carbocycles. The Labute approximate surface area is 81.6 Å². The van der Waals surface area contributed by atoms with Crippen LogP contribution >= 0.6 is 0 Å². The van der Waals surface area contributed by atoms with Crippen LogP contribution in [0.25, 0.3) is 0 Å². The number of hydrogen-bond donors (Lipinski definition) is 1. The summed E-state index contributed by atoms with van der Waals surface area (Å²) in [5.74, 6) is 1.88. The lowest BCUT2D eigenvalue weighted by molar-refractivity contribution is 0.264. The van der Waals surface area contributed by atoms with Crippen LogP contribution in [0.1, 0.15) is 45.4 Å². The molecule has 2 fully saturated rings. The predicted octanol–water partition coefficient (Wildman–Crippen LogP) is 3.08. The van der Waals surface area contributed by atoms with Crippen molar-refractivity contribution in [1.29, 1.82) is 0 Å². The Balaban J connectivity index is 1.69. The standard InChI is InChI=1S/C12H21N/c1-3-4-11-9(2)13-12(11)8-7-10-5-6-10/h10-13H,2-8H2,1H3. The van der Waals surface area contributed by atoms with Gasteiger partial charge in [0.1, 0.15) is 0 Å². The van der Waals surface area contributed by atoms with E-state index in [1.807, 2.05) is 0 Å². The molecule has 0 aromatic carbocycles. The molecule has 0 radical (unpaired) electrons. The maximum absolute atomic E-state index is 4.04. The normalized spacial score (nSPS) is 32.5. The molecule has 2 rings (SSSR count). The van der Waals surface area contributed by atoms with E-state index < -0.39 is 0 Å². The predicted molar refractivity (Wildman–Crippen MR) is 56.4 cm³/mol. The molecule has 1 heterocycles. The van der Waals surface area contributed by atoms with Gasteiger partial charge in [-0.05, 0) is 25.2 Å². The molecule has 1 aliphatic carbocycles. The molecule has 0 spiro atoms. The second kappa shape index (κ2) is 3.73. The maximum atomic E-state index is 4.04.